The van der Waals surface area contributed by atoms with E-state index >= 15 is 0 Å². The van der Waals surface area contributed by atoms with Crippen molar-refractivity contribution in [3.63, 3.8) is 0 Å². The molecule has 1 aliphatic carbocycles. The molecule has 0 spiro atoms. The van der Waals surface area contributed by atoms with Crippen LogP contribution in [-0.2, 0) is 29.0 Å². The normalized spacial score (nSPS) is 15.6. The van der Waals surface area contributed by atoms with Gasteiger partial charge in [-0.15, -0.1) is 0 Å². The van der Waals surface area contributed by atoms with Crippen LogP contribution in [0.1, 0.15) is 47.6 Å². The van der Waals surface area contributed by atoms with E-state index < -0.39 is 18.0 Å². The third-order valence-corrected chi connectivity index (χ3v) is 7.42. The van der Waals surface area contributed by atoms with Crippen LogP contribution in [0.4, 0.5) is 0 Å². The monoisotopic (exact) mass is 579 g/mol. The van der Waals surface area contributed by atoms with Gasteiger partial charge in [0, 0.05) is 6.54 Å². The minimum atomic E-state index is -1.82. The van der Waals surface area contributed by atoms with E-state index in [2.05, 4.69) is 42.3 Å². The average Bonchev–Trinajstić information content (AvgIpc) is 3.00. The van der Waals surface area contributed by atoms with Crippen LogP contribution >= 0.6 is 0 Å². The lowest BCUT2D eigenvalue weighted by Gasteiger charge is -2.31. The fourth-order valence-corrected chi connectivity index (χ4v) is 5.07. The molecule has 4 rings (SSSR count). The van der Waals surface area contributed by atoms with E-state index in [4.69, 9.17) is 34.0 Å². The molecule has 0 bridgehead atoms. The number of likely N-dealkylation sites (N-methyl/N-ethyl adjacent to an activating group) is 1. The number of carboxylic acid groups (broad SMARTS) is 2. The lowest BCUT2D eigenvalue weighted by molar-refractivity contribution is -0.159. The van der Waals surface area contributed by atoms with Crippen molar-refractivity contribution in [2.75, 3.05) is 34.4 Å². The minimum absolute atomic E-state index is 0.280. The van der Waals surface area contributed by atoms with E-state index in [1.165, 1.54) is 16.7 Å². The predicted molar refractivity (Wildman–Crippen MR) is 159 cm³/mol. The summed E-state index contributed by atoms with van der Waals surface area (Å²) in [5.41, 5.74) is 4.62. The van der Waals surface area contributed by atoms with Crippen LogP contribution in [0.2, 0.25) is 0 Å². The van der Waals surface area contributed by atoms with Crippen LogP contribution in [-0.4, -0.2) is 66.5 Å². The van der Waals surface area contributed by atoms with Crippen molar-refractivity contribution in [1.82, 2.24) is 4.90 Å². The Kier molecular flexibility index (Phi) is 12.7. The molecule has 3 aromatic carbocycles. The number of hydrogen-bond acceptors (Lipinski definition) is 7. The molecule has 9 heteroatoms. The first kappa shape index (κ1) is 32.4. The highest BCUT2D eigenvalue weighted by Crippen LogP contribution is 2.42. The number of hydrogen-bond donors (Lipinski definition) is 3. The Morgan fingerprint density at radius 1 is 0.881 bits per heavy atom. The van der Waals surface area contributed by atoms with Crippen LogP contribution in [0.5, 0.6) is 17.2 Å². The van der Waals surface area contributed by atoms with Crippen molar-refractivity contribution in [2.24, 2.45) is 5.92 Å². The van der Waals surface area contributed by atoms with Gasteiger partial charge in [-0.3, -0.25) is 0 Å². The maximum absolute atomic E-state index is 11.0. The number of aliphatic carboxylic acids is 2. The molecule has 3 N–H and O–H groups in total. The molecule has 0 saturated heterocycles. The number of carbonyl (C=O) groups is 2. The summed E-state index contributed by atoms with van der Waals surface area (Å²) in [5, 5.41) is 25.8. The van der Waals surface area contributed by atoms with Crippen LogP contribution in [0.15, 0.2) is 66.7 Å². The number of carboxylic acids is 2. The third-order valence-electron chi connectivity index (χ3n) is 7.42. The second kappa shape index (κ2) is 16.4. The third kappa shape index (κ3) is 9.78. The fourth-order valence-electron chi connectivity index (χ4n) is 5.07. The first-order valence-electron chi connectivity index (χ1n) is 14.0. The van der Waals surface area contributed by atoms with E-state index in [1.54, 1.807) is 14.2 Å². The van der Waals surface area contributed by atoms with Gasteiger partial charge < -0.3 is 34.4 Å². The van der Waals surface area contributed by atoms with Gasteiger partial charge in [0.15, 0.2) is 11.5 Å². The summed E-state index contributed by atoms with van der Waals surface area (Å²) in [6.07, 6.45) is 4.60. The molecular formula is C33H41NO8. The molecule has 42 heavy (non-hydrogen) atoms. The zero-order valence-corrected chi connectivity index (χ0v) is 24.5. The van der Waals surface area contributed by atoms with Gasteiger partial charge in [-0.1, -0.05) is 42.5 Å². The molecule has 3 aromatic rings. The summed E-state index contributed by atoms with van der Waals surface area (Å²) in [6, 6.07) is 22.6. The molecule has 1 aliphatic rings. The Bertz CT molecular complexity index is 1280. The molecule has 0 radical (unpaired) electrons. The highest BCUT2D eigenvalue weighted by Gasteiger charge is 2.29. The lowest BCUT2D eigenvalue weighted by Crippen LogP contribution is -2.25. The molecule has 2 atom stereocenters. The van der Waals surface area contributed by atoms with Crippen molar-refractivity contribution in [3.05, 3.63) is 89.0 Å². The van der Waals surface area contributed by atoms with Gasteiger partial charge >= 0.3 is 11.9 Å². The van der Waals surface area contributed by atoms with Gasteiger partial charge in [0.05, 0.1) is 20.3 Å². The van der Waals surface area contributed by atoms with Gasteiger partial charge in [0.25, 0.3) is 0 Å². The van der Waals surface area contributed by atoms with Crippen LogP contribution < -0.4 is 14.2 Å². The number of benzene rings is 3. The van der Waals surface area contributed by atoms with E-state index in [0.717, 1.165) is 62.3 Å². The summed E-state index contributed by atoms with van der Waals surface area (Å²) < 4.78 is 16.9. The quantitative estimate of drug-likeness (QED) is 0.255. The summed E-state index contributed by atoms with van der Waals surface area (Å²) in [5.74, 6) is -1.03. The van der Waals surface area contributed by atoms with Crippen molar-refractivity contribution in [3.8, 4) is 17.2 Å². The SMILES string of the molecule is COc1cc2c(cc1OC)C(O)C(CCCN(C)CCc1cccc(OCc3ccccc3)c1)CC2.O=C(O)C(=O)O. The molecule has 0 aromatic heterocycles. The highest BCUT2D eigenvalue weighted by molar-refractivity contribution is 6.27. The van der Waals surface area contributed by atoms with Crippen LogP contribution in [0.3, 0.4) is 0 Å². The highest BCUT2D eigenvalue weighted by atomic mass is 16.5. The topological polar surface area (TPSA) is 126 Å². The Morgan fingerprint density at radius 3 is 2.21 bits per heavy atom. The summed E-state index contributed by atoms with van der Waals surface area (Å²) in [6.45, 7) is 2.60. The Hall–Kier alpha value is -4.08. The van der Waals surface area contributed by atoms with Crippen molar-refractivity contribution < 1.29 is 39.1 Å². The number of rotatable bonds is 12. The fraction of sp³-hybridized carbons (Fsp3) is 0.394. The predicted octanol–water partition coefficient (Wildman–Crippen LogP) is 4.99. The summed E-state index contributed by atoms with van der Waals surface area (Å²) in [4.78, 5) is 20.6. The Balaban J connectivity index is 0.000000730. The number of fused-ring (bicyclic) bond motifs is 1. The molecule has 0 heterocycles. The first-order chi connectivity index (χ1) is 20.2. The lowest BCUT2D eigenvalue weighted by atomic mass is 9.79. The van der Waals surface area contributed by atoms with E-state index in [-0.39, 0.29) is 5.92 Å². The van der Waals surface area contributed by atoms with Crippen LogP contribution in [0.25, 0.3) is 0 Å². The van der Waals surface area contributed by atoms with Crippen LogP contribution in [0, 0.1) is 5.92 Å². The maximum Gasteiger partial charge on any atom is 0.414 e. The number of aliphatic hydroxyl groups is 1. The summed E-state index contributed by atoms with van der Waals surface area (Å²) >= 11 is 0. The van der Waals surface area contributed by atoms with Gasteiger partial charge in [-0.05, 0) is 98.1 Å². The minimum Gasteiger partial charge on any atom is -0.493 e. The number of aliphatic hydroxyl groups excluding tert-OH is 1. The maximum atomic E-state index is 11.0. The van der Waals surface area contributed by atoms with Gasteiger partial charge in [0.1, 0.15) is 12.4 Å². The van der Waals surface area contributed by atoms with Gasteiger partial charge in [-0.25, -0.2) is 9.59 Å². The van der Waals surface area contributed by atoms with Gasteiger partial charge in [-0.2, -0.15) is 0 Å². The van der Waals surface area contributed by atoms with E-state index in [1.807, 2.05) is 36.4 Å². The zero-order chi connectivity index (χ0) is 30.5. The molecule has 0 fully saturated rings. The molecular weight excluding hydrogens is 538 g/mol. The van der Waals surface area contributed by atoms with E-state index in [0.29, 0.717) is 12.4 Å². The number of nitrogens with zero attached hydrogens (tertiary/aromatic N) is 1. The Labute approximate surface area is 247 Å². The standard InChI is InChI=1S/C31H39NO4.C2H2O4/c1-32(18-16-23-11-7-13-27(19-23)36-22-24-9-5-4-6-10-24)17-8-12-25-14-15-26-20-29(34-2)30(35-3)21-28(26)31(25)33;3-1(4)2(5)6/h4-7,9-11,13,19-21,25,31,33H,8,12,14-18,22H2,1-3H3;(H,3,4)(H,5,6). The zero-order valence-electron chi connectivity index (χ0n) is 24.5. The molecule has 9 nitrogen and oxygen atoms in total. The number of methoxy groups -OCH3 is 2. The molecule has 2 unspecified atom stereocenters. The molecule has 0 saturated carbocycles. The first-order valence-corrected chi connectivity index (χ1v) is 14.0. The largest absolute Gasteiger partial charge is 0.493 e. The smallest absolute Gasteiger partial charge is 0.414 e. The number of ether oxygens (including phenoxy) is 3. The number of aryl methyl sites for hydroxylation is 1. The van der Waals surface area contributed by atoms with Crippen molar-refractivity contribution >= 4 is 11.9 Å². The van der Waals surface area contributed by atoms with Crippen molar-refractivity contribution in [2.45, 2.75) is 44.8 Å². The average molecular weight is 580 g/mol. The second-order valence-electron chi connectivity index (χ2n) is 10.4. The Morgan fingerprint density at radius 2 is 1.55 bits per heavy atom. The van der Waals surface area contributed by atoms with Gasteiger partial charge in [0.2, 0.25) is 0 Å². The molecule has 0 amide bonds. The second-order valence-corrected chi connectivity index (χ2v) is 10.4. The van der Waals surface area contributed by atoms with E-state index in [9.17, 15) is 5.11 Å². The molecule has 0 aliphatic heterocycles. The van der Waals surface area contributed by atoms with Crippen molar-refractivity contribution in [1.29, 1.82) is 0 Å². The summed E-state index contributed by atoms with van der Waals surface area (Å²) in [7, 11) is 5.47. The molecule has 226 valence electrons.